The Morgan fingerprint density at radius 3 is 2.53 bits per heavy atom. The van der Waals surface area contributed by atoms with Crippen LogP contribution >= 0.6 is 0 Å². The molecule has 3 nitrogen and oxygen atoms in total. The number of carbonyl (C=O) groups is 1. The molecule has 0 aliphatic heterocycles. The van der Waals surface area contributed by atoms with Gasteiger partial charge in [-0.25, -0.2) is 0 Å². The first-order valence-corrected chi connectivity index (χ1v) is 7.53. The lowest BCUT2D eigenvalue weighted by atomic mass is 9.70. The topological polar surface area (TPSA) is 35.5 Å². The van der Waals surface area contributed by atoms with E-state index < -0.39 is 0 Å². The largest absolute Gasteiger partial charge is 0.462 e. The van der Waals surface area contributed by atoms with Crippen molar-refractivity contribution in [3.05, 3.63) is 0 Å². The van der Waals surface area contributed by atoms with E-state index >= 15 is 0 Å². The maximum atomic E-state index is 12.0. The zero-order valence-electron chi connectivity index (χ0n) is 13.0. The molecule has 2 saturated carbocycles. The minimum atomic E-state index is -0.0570. The second-order valence-electron chi connectivity index (χ2n) is 7.17. The molecular weight excluding hydrogens is 240 g/mol. The third-order valence-electron chi connectivity index (χ3n) is 6.15. The second-order valence-corrected chi connectivity index (χ2v) is 7.17. The molecule has 110 valence electrons. The first kappa shape index (κ1) is 14.8. The average molecular weight is 268 g/mol. The maximum Gasteiger partial charge on any atom is 0.306 e. The van der Waals surface area contributed by atoms with E-state index in [0.29, 0.717) is 17.8 Å². The Morgan fingerprint density at radius 1 is 1.37 bits per heavy atom. The predicted octanol–water partition coefficient (Wildman–Crippen LogP) is 3.56. The van der Waals surface area contributed by atoms with E-state index in [0.717, 1.165) is 12.8 Å². The fourth-order valence-electron chi connectivity index (χ4n) is 3.97. The van der Waals surface area contributed by atoms with Crippen LogP contribution in [0.5, 0.6) is 0 Å². The monoisotopic (exact) mass is 268 g/mol. The predicted molar refractivity (Wildman–Crippen MR) is 74.8 cm³/mol. The molecule has 0 N–H and O–H groups in total. The van der Waals surface area contributed by atoms with Gasteiger partial charge in [0.1, 0.15) is 6.10 Å². The van der Waals surface area contributed by atoms with Gasteiger partial charge in [0.05, 0.1) is 6.10 Å². The first-order chi connectivity index (χ1) is 8.81. The molecule has 0 amide bonds. The number of rotatable bonds is 5. The van der Waals surface area contributed by atoms with Crippen molar-refractivity contribution in [1.82, 2.24) is 0 Å². The quantitative estimate of drug-likeness (QED) is 0.715. The lowest BCUT2D eigenvalue weighted by Gasteiger charge is -2.38. The number of fused-ring (bicyclic) bond motifs is 2. The molecule has 2 aliphatic carbocycles. The maximum absolute atomic E-state index is 12.0. The number of carbonyl (C=O) groups excluding carboxylic acids is 1. The van der Waals surface area contributed by atoms with E-state index in [1.807, 2.05) is 6.92 Å². The highest BCUT2D eigenvalue weighted by molar-refractivity contribution is 5.69. The van der Waals surface area contributed by atoms with Gasteiger partial charge in [0.2, 0.25) is 0 Å². The Bertz CT molecular complexity index is 350. The second kappa shape index (κ2) is 5.08. The lowest BCUT2D eigenvalue weighted by Crippen LogP contribution is -2.38. The minimum absolute atomic E-state index is 0.0570. The fourth-order valence-corrected chi connectivity index (χ4v) is 3.97. The van der Waals surface area contributed by atoms with E-state index in [9.17, 15) is 4.79 Å². The van der Waals surface area contributed by atoms with Crippen LogP contribution in [0.25, 0.3) is 0 Å². The molecule has 2 fully saturated rings. The third kappa shape index (κ3) is 2.42. The van der Waals surface area contributed by atoms with Crippen molar-refractivity contribution in [3.63, 3.8) is 0 Å². The normalized spacial score (nSPS) is 37.3. The van der Waals surface area contributed by atoms with Crippen LogP contribution in [0.4, 0.5) is 0 Å². The number of esters is 1. The molecule has 0 aromatic rings. The molecule has 0 saturated heterocycles. The van der Waals surface area contributed by atoms with Crippen LogP contribution in [-0.4, -0.2) is 25.3 Å². The van der Waals surface area contributed by atoms with E-state index in [1.165, 1.54) is 12.8 Å². The smallest absolute Gasteiger partial charge is 0.306 e. The summed E-state index contributed by atoms with van der Waals surface area (Å²) in [6, 6.07) is 0. The summed E-state index contributed by atoms with van der Waals surface area (Å²) < 4.78 is 10.9. The van der Waals surface area contributed by atoms with Gasteiger partial charge < -0.3 is 9.47 Å². The van der Waals surface area contributed by atoms with Gasteiger partial charge in [0.15, 0.2) is 0 Å². The summed E-state index contributed by atoms with van der Waals surface area (Å²) in [5.41, 5.74) is 0.470. The average Bonchev–Trinajstić information content (AvgIpc) is 2.69. The van der Waals surface area contributed by atoms with Crippen LogP contribution in [0.1, 0.15) is 59.8 Å². The van der Waals surface area contributed by atoms with Gasteiger partial charge in [0, 0.05) is 18.9 Å². The summed E-state index contributed by atoms with van der Waals surface area (Å²) >= 11 is 0. The van der Waals surface area contributed by atoms with Crippen molar-refractivity contribution in [2.75, 3.05) is 7.11 Å². The SMILES string of the molecule is COC(C)CCC(=O)OC1CC2CCC1(C)C2(C)C. The van der Waals surface area contributed by atoms with Crippen molar-refractivity contribution in [3.8, 4) is 0 Å². The van der Waals surface area contributed by atoms with Crippen molar-refractivity contribution < 1.29 is 14.3 Å². The van der Waals surface area contributed by atoms with Crippen LogP contribution in [0.15, 0.2) is 0 Å². The van der Waals surface area contributed by atoms with Crippen LogP contribution in [0, 0.1) is 16.7 Å². The fraction of sp³-hybridized carbons (Fsp3) is 0.938. The van der Waals surface area contributed by atoms with E-state index in [1.54, 1.807) is 7.11 Å². The van der Waals surface area contributed by atoms with Crippen LogP contribution in [-0.2, 0) is 14.3 Å². The third-order valence-corrected chi connectivity index (χ3v) is 6.15. The highest BCUT2D eigenvalue weighted by atomic mass is 16.5. The number of ether oxygens (including phenoxy) is 2. The van der Waals surface area contributed by atoms with Gasteiger partial charge in [-0.15, -0.1) is 0 Å². The van der Waals surface area contributed by atoms with Gasteiger partial charge in [0.25, 0.3) is 0 Å². The molecule has 0 aromatic carbocycles. The molecule has 2 bridgehead atoms. The molecule has 0 spiro atoms. The van der Waals surface area contributed by atoms with Crippen molar-refractivity contribution in [1.29, 1.82) is 0 Å². The number of hydrogen-bond donors (Lipinski definition) is 0. The highest BCUT2D eigenvalue weighted by Crippen LogP contribution is 2.66. The van der Waals surface area contributed by atoms with Crippen LogP contribution in [0.2, 0.25) is 0 Å². The Balaban J connectivity index is 1.89. The highest BCUT2D eigenvalue weighted by Gasteiger charge is 2.62. The van der Waals surface area contributed by atoms with Crippen LogP contribution < -0.4 is 0 Å². The summed E-state index contributed by atoms with van der Waals surface area (Å²) in [5, 5.41) is 0. The minimum Gasteiger partial charge on any atom is -0.462 e. The van der Waals surface area contributed by atoms with Gasteiger partial charge in [-0.2, -0.15) is 0 Å². The Labute approximate surface area is 117 Å². The van der Waals surface area contributed by atoms with Gasteiger partial charge in [-0.1, -0.05) is 20.8 Å². The molecule has 0 heterocycles. The summed E-state index contributed by atoms with van der Waals surface area (Å²) in [7, 11) is 1.68. The zero-order valence-corrected chi connectivity index (χ0v) is 13.0. The Kier molecular flexibility index (Phi) is 3.97. The van der Waals surface area contributed by atoms with E-state index in [2.05, 4.69) is 20.8 Å². The first-order valence-electron chi connectivity index (χ1n) is 7.53. The molecule has 2 aliphatic rings. The Hall–Kier alpha value is -0.570. The zero-order chi connectivity index (χ0) is 14.3. The summed E-state index contributed by atoms with van der Waals surface area (Å²) in [6.07, 6.45) is 4.98. The van der Waals surface area contributed by atoms with Crippen molar-refractivity contribution in [2.45, 2.75) is 72.0 Å². The number of methoxy groups -OCH3 is 1. The van der Waals surface area contributed by atoms with Crippen molar-refractivity contribution in [2.24, 2.45) is 16.7 Å². The summed E-state index contributed by atoms with van der Waals surface area (Å²) in [4.78, 5) is 12.0. The Morgan fingerprint density at radius 2 is 2.05 bits per heavy atom. The molecule has 19 heavy (non-hydrogen) atoms. The molecular formula is C16H28O3. The molecule has 4 unspecified atom stereocenters. The number of hydrogen-bond acceptors (Lipinski definition) is 3. The van der Waals surface area contributed by atoms with Gasteiger partial charge in [-0.3, -0.25) is 4.79 Å². The molecule has 4 atom stereocenters. The molecule has 0 radical (unpaired) electrons. The van der Waals surface area contributed by atoms with Crippen molar-refractivity contribution >= 4 is 5.97 Å². The molecule has 2 rings (SSSR count). The standard InChI is InChI=1S/C16H28O3/c1-11(18-5)6-7-14(17)19-13-10-12-8-9-16(13,4)15(12,2)3/h11-13H,6-10H2,1-5H3. The lowest BCUT2D eigenvalue weighted by molar-refractivity contribution is -0.157. The van der Waals surface area contributed by atoms with Gasteiger partial charge >= 0.3 is 5.97 Å². The van der Waals surface area contributed by atoms with Crippen LogP contribution in [0.3, 0.4) is 0 Å². The summed E-state index contributed by atoms with van der Waals surface area (Å²) in [6.45, 7) is 8.96. The van der Waals surface area contributed by atoms with E-state index in [4.69, 9.17) is 9.47 Å². The van der Waals surface area contributed by atoms with E-state index in [-0.39, 0.29) is 23.6 Å². The van der Waals surface area contributed by atoms with Gasteiger partial charge in [-0.05, 0) is 43.9 Å². The molecule has 0 aromatic heterocycles. The summed E-state index contributed by atoms with van der Waals surface area (Å²) in [5.74, 6) is 0.659. The molecule has 3 heteroatoms.